The molecule has 1 saturated heterocycles. The van der Waals surface area contributed by atoms with Gasteiger partial charge in [0, 0.05) is 19.1 Å². The molecular formula is C16H24N2O2. The fraction of sp³-hybridized carbons (Fsp3) is 0.625. The second-order valence-electron chi connectivity index (χ2n) is 5.97. The molecule has 4 nitrogen and oxygen atoms in total. The number of piperidine rings is 1. The summed E-state index contributed by atoms with van der Waals surface area (Å²) in [4.78, 5) is 2.50. The third kappa shape index (κ3) is 3.07. The van der Waals surface area contributed by atoms with Crippen molar-refractivity contribution in [2.24, 2.45) is 11.7 Å². The minimum absolute atomic E-state index is 0.290. The maximum Gasteiger partial charge on any atom is 0.161 e. The van der Waals surface area contributed by atoms with Gasteiger partial charge < -0.3 is 15.2 Å². The van der Waals surface area contributed by atoms with Crippen LogP contribution in [0.2, 0.25) is 0 Å². The third-order valence-corrected chi connectivity index (χ3v) is 4.30. The minimum atomic E-state index is 0.290. The lowest BCUT2D eigenvalue weighted by atomic mass is 9.92. The van der Waals surface area contributed by atoms with Gasteiger partial charge in [0.05, 0.1) is 0 Å². The van der Waals surface area contributed by atoms with Crippen molar-refractivity contribution in [2.75, 3.05) is 26.3 Å². The highest BCUT2D eigenvalue weighted by Crippen LogP contribution is 2.31. The van der Waals surface area contributed by atoms with E-state index in [-0.39, 0.29) is 6.04 Å². The number of rotatable bonds is 3. The van der Waals surface area contributed by atoms with E-state index in [1.807, 2.05) is 6.07 Å². The number of ether oxygens (including phenoxy) is 2. The lowest BCUT2D eigenvalue weighted by molar-refractivity contribution is 0.152. The zero-order valence-corrected chi connectivity index (χ0v) is 12.2. The standard InChI is InChI=1S/C16H24N2O2/c1-12(17)14-3-2-6-18(11-14)10-13-4-5-15-16(9-13)20-8-7-19-15/h4-5,9,12,14H,2-3,6-8,10-11,17H2,1H3. The lowest BCUT2D eigenvalue weighted by Crippen LogP contribution is -2.41. The van der Waals surface area contributed by atoms with E-state index < -0.39 is 0 Å². The number of nitrogens with two attached hydrogens (primary N) is 1. The monoisotopic (exact) mass is 276 g/mol. The molecule has 110 valence electrons. The number of likely N-dealkylation sites (tertiary alicyclic amines) is 1. The Balaban J connectivity index is 1.65. The Kier molecular flexibility index (Phi) is 4.13. The molecule has 2 aliphatic heterocycles. The summed E-state index contributed by atoms with van der Waals surface area (Å²) in [7, 11) is 0. The van der Waals surface area contributed by atoms with Gasteiger partial charge in [0.15, 0.2) is 11.5 Å². The molecule has 0 aromatic heterocycles. The molecule has 1 aromatic rings. The maximum absolute atomic E-state index is 6.05. The van der Waals surface area contributed by atoms with Gasteiger partial charge in [0.1, 0.15) is 13.2 Å². The summed E-state index contributed by atoms with van der Waals surface area (Å²) in [5.74, 6) is 2.38. The van der Waals surface area contributed by atoms with E-state index in [0.29, 0.717) is 19.1 Å². The molecule has 0 aliphatic carbocycles. The van der Waals surface area contributed by atoms with E-state index >= 15 is 0 Å². The first-order valence-corrected chi connectivity index (χ1v) is 7.59. The van der Waals surface area contributed by atoms with Gasteiger partial charge in [0.2, 0.25) is 0 Å². The molecule has 20 heavy (non-hydrogen) atoms. The number of fused-ring (bicyclic) bond motifs is 1. The van der Waals surface area contributed by atoms with E-state index in [2.05, 4.69) is 24.0 Å². The molecule has 1 fully saturated rings. The summed E-state index contributed by atoms with van der Waals surface area (Å²) in [6, 6.07) is 6.57. The van der Waals surface area contributed by atoms with Gasteiger partial charge in [0.25, 0.3) is 0 Å². The van der Waals surface area contributed by atoms with Crippen LogP contribution >= 0.6 is 0 Å². The Morgan fingerprint density at radius 2 is 2.10 bits per heavy atom. The van der Waals surface area contributed by atoms with Crippen molar-refractivity contribution in [3.63, 3.8) is 0 Å². The van der Waals surface area contributed by atoms with Crippen LogP contribution in [0.25, 0.3) is 0 Å². The van der Waals surface area contributed by atoms with E-state index in [4.69, 9.17) is 15.2 Å². The Hall–Kier alpha value is -1.26. The van der Waals surface area contributed by atoms with E-state index in [9.17, 15) is 0 Å². The number of nitrogens with zero attached hydrogens (tertiary/aromatic N) is 1. The summed E-state index contributed by atoms with van der Waals surface area (Å²) in [6.07, 6.45) is 2.51. The van der Waals surface area contributed by atoms with Crippen LogP contribution in [-0.4, -0.2) is 37.2 Å². The molecule has 1 aromatic carbocycles. The molecule has 2 aliphatic rings. The first-order valence-electron chi connectivity index (χ1n) is 7.59. The summed E-state index contributed by atoms with van der Waals surface area (Å²) < 4.78 is 11.2. The van der Waals surface area contributed by atoms with Crippen molar-refractivity contribution >= 4 is 0 Å². The largest absolute Gasteiger partial charge is 0.486 e. The van der Waals surface area contributed by atoms with E-state index in [1.54, 1.807) is 0 Å². The van der Waals surface area contributed by atoms with Gasteiger partial charge in [-0.3, -0.25) is 4.90 Å². The molecule has 0 bridgehead atoms. The van der Waals surface area contributed by atoms with Crippen molar-refractivity contribution in [2.45, 2.75) is 32.4 Å². The predicted octanol–water partition coefficient (Wildman–Crippen LogP) is 2.02. The first kappa shape index (κ1) is 13.7. The van der Waals surface area contributed by atoms with E-state index in [0.717, 1.165) is 31.1 Å². The van der Waals surface area contributed by atoms with Gasteiger partial charge in [-0.25, -0.2) is 0 Å². The van der Waals surface area contributed by atoms with Crippen LogP contribution in [-0.2, 0) is 6.54 Å². The average molecular weight is 276 g/mol. The summed E-state index contributed by atoms with van der Waals surface area (Å²) in [5.41, 5.74) is 7.34. The number of hydrogen-bond donors (Lipinski definition) is 1. The molecule has 2 heterocycles. The van der Waals surface area contributed by atoms with Crippen LogP contribution in [0, 0.1) is 5.92 Å². The number of benzene rings is 1. The fourth-order valence-electron chi connectivity index (χ4n) is 3.11. The average Bonchev–Trinajstić information content (AvgIpc) is 2.47. The van der Waals surface area contributed by atoms with Gasteiger partial charge in [-0.05, 0) is 49.9 Å². The molecule has 2 atom stereocenters. The highest BCUT2D eigenvalue weighted by molar-refractivity contribution is 5.43. The molecular weight excluding hydrogens is 252 g/mol. The summed E-state index contributed by atoms with van der Waals surface area (Å²) in [5, 5.41) is 0. The molecule has 0 radical (unpaired) electrons. The van der Waals surface area contributed by atoms with Crippen LogP contribution in [0.3, 0.4) is 0 Å². The fourth-order valence-corrected chi connectivity index (χ4v) is 3.11. The predicted molar refractivity (Wildman–Crippen MR) is 79.1 cm³/mol. The molecule has 2 N–H and O–H groups in total. The zero-order chi connectivity index (χ0) is 13.9. The van der Waals surface area contributed by atoms with E-state index in [1.165, 1.54) is 18.4 Å². The normalized spacial score (nSPS) is 24.4. The SMILES string of the molecule is CC(N)C1CCCN(Cc2ccc3c(c2)OCCO3)C1. The van der Waals surface area contributed by atoms with Crippen LogP contribution in [0.15, 0.2) is 18.2 Å². The van der Waals surface area contributed by atoms with Crippen molar-refractivity contribution in [3.8, 4) is 11.5 Å². The quantitative estimate of drug-likeness (QED) is 0.917. The highest BCUT2D eigenvalue weighted by atomic mass is 16.6. The van der Waals surface area contributed by atoms with Crippen LogP contribution < -0.4 is 15.2 Å². The smallest absolute Gasteiger partial charge is 0.161 e. The first-order chi connectivity index (χ1) is 9.72. The van der Waals surface area contributed by atoms with Crippen LogP contribution in [0.5, 0.6) is 11.5 Å². The van der Waals surface area contributed by atoms with Crippen molar-refractivity contribution in [1.29, 1.82) is 0 Å². The van der Waals surface area contributed by atoms with Gasteiger partial charge in [-0.2, -0.15) is 0 Å². The second kappa shape index (κ2) is 6.02. The Morgan fingerprint density at radius 3 is 2.90 bits per heavy atom. The van der Waals surface area contributed by atoms with Crippen molar-refractivity contribution in [3.05, 3.63) is 23.8 Å². The molecule has 3 rings (SSSR count). The molecule has 4 heteroatoms. The molecule has 2 unspecified atom stereocenters. The Labute approximate surface area is 120 Å². The minimum Gasteiger partial charge on any atom is -0.486 e. The molecule has 0 saturated carbocycles. The summed E-state index contributed by atoms with van der Waals surface area (Å²) in [6.45, 7) is 6.66. The van der Waals surface area contributed by atoms with Crippen LogP contribution in [0.4, 0.5) is 0 Å². The van der Waals surface area contributed by atoms with Crippen molar-refractivity contribution in [1.82, 2.24) is 4.90 Å². The Morgan fingerprint density at radius 1 is 1.30 bits per heavy atom. The van der Waals surface area contributed by atoms with Crippen LogP contribution in [0.1, 0.15) is 25.3 Å². The Bertz CT molecular complexity index is 462. The van der Waals surface area contributed by atoms with Gasteiger partial charge in [-0.15, -0.1) is 0 Å². The van der Waals surface area contributed by atoms with Crippen molar-refractivity contribution < 1.29 is 9.47 Å². The van der Waals surface area contributed by atoms with Gasteiger partial charge >= 0.3 is 0 Å². The second-order valence-corrected chi connectivity index (χ2v) is 5.97. The maximum atomic E-state index is 6.05. The molecule has 0 spiro atoms. The highest BCUT2D eigenvalue weighted by Gasteiger charge is 2.23. The topological polar surface area (TPSA) is 47.7 Å². The number of hydrogen-bond acceptors (Lipinski definition) is 4. The zero-order valence-electron chi connectivity index (χ0n) is 12.2. The molecule has 0 amide bonds. The van der Waals surface area contributed by atoms with Gasteiger partial charge in [-0.1, -0.05) is 6.07 Å². The third-order valence-electron chi connectivity index (χ3n) is 4.30. The lowest BCUT2D eigenvalue weighted by Gasteiger charge is -2.34. The summed E-state index contributed by atoms with van der Waals surface area (Å²) >= 11 is 0.